The molecule has 70 valence electrons. The molecule has 12 heavy (non-hydrogen) atoms. The SMILES string of the molecule is CC.Cc1ccsc1C(C)(C)F. The highest BCUT2D eigenvalue weighted by atomic mass is 32.1. The van der Waals surface area contributed by atoms with E-state index in [9.17, 15) is 4.39 Å². The molecule has 1 aromatic rings. The fraction of sp³-hybridized carbons (Fsp3) is 0.600. The van der Waals surface area contributed by atoms with Crippen molar-refractivity contribution in [2.45, 2.75) is 40.3 Å². The Balaban J connectivity index is 0.000000561. The summed E-state index contributed by atoms with van der Waals surface area (Å²) < 4.78 is 13.2. The summed E-state index contributed by atoms with van der Waals surface area (Å²) in [6, 6.07) is 1.95. The van der Waals surface area contributed by atoms with Gasteiger partial charge >= 0.3 is 0 Å². The van der Waals surface area contributed by atoms with E-state index in [1.807, 2.05) is 32.2 Å². The van der Waals surface area contributed by atoms with Gasteiger partial charge in [-0.05, 0) is 37.8 Å². The van der Waals surface area contributed by atoms with Crippen molar-refractivity contribution >= 4 is 11.3 Å². The highest BCUT2D eigenvalue weighted by Gasteiger charge is 2.21. The van der Waals surface area contributed by atoms with Crippen LogP contribution in [-0.4, -0.2) is 0 Å². The smallest absolute Gasteiger partial charge is 0.139 e. The van der Waals surface area contributed by atoms with Crippen LogP contribution in [0.5, 0.6) is 0 Å². The minimum absolute atomic E-state index is 0.840. The zero-order valence-electron chi connectivity index (χ0n) is 8.44. The molecule has 0 N–H and O–H groups in total. The number of halogens is 1. The van der Waals surface area contributed by atoms with Crippen molar-refractivity contribution in [3.8, 4) is 0 Å². The summed E-state index contributed by atoms with van der Waals surface area (Å²) in [5.41, 5.74) is -0.115. The summed E-state index contributed by atoms with van der Waals surface area (Å²) in [4.78, 5) is 0.840. The molecule has 0 saturated carbocycles. The minimum atomic E-state index is -1.17. The first kappa shape index (κ1) is 11.6. The standard InChI is InChI=1S/C8H11FS.C2H6/c1-6-4-5-10-7(6)8(2,3)9;1-2/h4-5H,1-3H3;1-2H3. The number of hydrogen-bond acceptors (Lipinski definition) is 1. The van der Waals surface area contributed by atoms with Crippen LogP contribution in [0, 0.1) is 6.92 Å². The van der Waals surface area contributed by atoms with Crippen molar-refractivity contribution < 1.29 is 4.39 Å². The Hall–Kier alpha value is -0.370. The van der Waals surface area contributed by atoms with Gasteiger partial charge in [-0.15, -0.1) is 11.3 Å². The molecule has 0 radical (unpaired) electrons. The molecule has 0 aliphatic carbocycles. The molecule has 0 aliphatic rings. The lowest BCUT2D eigenvalue weighted by atomic mass is 10.1. The third-order valence-electron chi connectivity index (χ3n) is 1.40. The van der Waals surface area contributed by atoms with Gasteiger partial charge < -0.3 is 0 Å². The fourth-order valence-corrected chi connectivity index (χ4v) is 1.92. The van der Waals surface area contributed by atoms with E-state index in [0.717, 1.165) is 10.4 Å². The zero-order chi connectivity index (χ0) is 9.78. The van der Waals surface area contributed by atoms with Gasteiger partial charge in [-0.1, -0.05) is 13.8 Å². The molecule has 0 atom stereocenters. The third kappa shape index (κ3) is 2.94. The van der Waals surface area contributed by atoms with Crippen molar-refractivity contribution in [2.75, 3.05) is 0 Å². The van der Waals surface area contributed by atoms with Crippen molar-refractivity contribution in [2.24, 2.45) is 0 Å². The molecule has 0 spiro atoms. The molecule has 2 heteroatoms. The van der Waals surface area contributed by atoms with E-state index in [2.05, 4.69) is 0 Å². The number of hydrogen-bond donors (Lipinski definition) is 0. The molecular weight excluding hydrogens is 171 g/mol. The molecule has 0 unspecified atom stereocenters. The Morgan fingerprint density at radius 2 is 1.83 bits per heavy atom. The molecule has 0 aromatic carbocycles. The summed E-state index contributed by atoms with van der Waals surface area (Å²) >= 11 is 1.48. The van der Waals surface area contributed by atoms with E-state index >= 15 is 0 Å². The Bertz CT molecular complexity index is 220. The normalized spacial score (nSPS) is 10.5. The highest BCUT2D eigenvalue weighted by molar-refractivity contribution is 7.10. The first-order chi connectivity index (χ1) is 5.52. The summed E-state index contributed by atoms with van der Waals surface area (Å²) in [5, 5.41) is 1.92. The largest absolute Gasteiger partial charge is 0.238 e. The van der Waals surface area contributed by atoms with Crippen molar-refractivity contribution in [3.63, 3.8) is 0 Å². The van der Waals surface area contributed by atoms with E-state index in [-0.39, 0.29) is 0 Å². The molecule has 0 bridgehead atoms. The molecule has 0 amide bonds. The van der Waals surface area contributed by atoms with E-state index in [1.165, 1.54) is 11.3 Å². The van der Waals surface area contributed by atoms with Crippen LogP contribution in [0.2, 0.25) is 0 Å². The maximum absolute atomic E-state index is 13.2. The minimum Gasteiger partial charge on any atom is -0.238 e. The van der Waals surface area contributed by atoms with Crippen LogP contribution in [0.3, 0.4) is 0 Å². The topological polar surface area (TPSA) is 0 Å². The summed E-state index contributed by atoms with van der Waals surface area (Å²) in [7, 11) is 0. The molecule has 0 saturated heterocycles. The number of alkyl halides is 1. The van der Waals surface area contributed by atoms with Gasteiger partial charge in [-0.25, -0.2) is 4.39 Å². The molecule has 0 nitrogen and oxygen atoms in total. The second-order valence-corrected chi connectivity index (χ2v) is 3.82. The number of rotatable bonds is 1. The van der Waals surface area contributed by atoms with Gasteiger partial charge in [0.05, 0.1) is 0 Å². The van der Waals surface area contributed by atoms with Crippen LogP contribution < -0.4 is 0 Å². The molecular formula is C10H17FS. The Morgan fingerprint density at radius 3 is 2.00 bits per heavy atom. The van der Waals surface area contributed by atoms with Gasteiger partial charge in [0.2, 0.25) is 0 Å². The molecule has 0 fully saturated rings. The Kier molecular flexibility index (Phi) is 4.46. The van der Waals surface area contributed by atoms with E-state index in [4.69, 9.17) is 0 Å². The van der Waals surface area contributed by atoms with Crippen LogP contribution >= 0.6 is 11.3 Å². The van der Waals surface area contributed by atoms with Crippen molar-refractivity contribution in [1.29, 1.82) is 0 Å². The monoisotopic (exact) mass is 188 g/mol. The zero-order valence-corrected chi connectivity index (χ0v) is 9.26. The molecule has 0 aliphatic heterocycles. The average molecular weight is 188 g/mol. The quantitative estimate of drug-likeness (QED) is 0.617. The second kappa shape index (κ2) is 4.61. The average Bonchev–Trinajstić information content (AvgIpc) is 2.38. The lowest BCUT2D eigenvalue weighted by molar-refractivity contribution is 0.226. The third-order valence-corrected chi connectivity index (χ3v) is 2.72. The van der Waals surface area contributed by atoms with Gasteiger partial charge in [0, 0.05) is 4.88 Å². The number of thiophene rings is 1. The van der Waals surface area contributed by atoms with Gasteiger partial charge in [-0.2, -0.15) is 0 Å². The summed E-state index contributed by atoms with van der Waals surface area (Å²) in [6.07, 6.45) is 0. The van der Waals surface area contributed by atoms with E-state index < -0.39 is 5.67 Å². The lowest BCUT2D eigenvalue weighted by Gasteiger charge is -2.12. The summed E-state index contributed by atoms with van der Waals surface area (Å²) in [5.74, 6) is 0. The summed E-state index contributed by atoms with van der Waals surface area (Å²) in [6.45, 7) is 9.12. The van der Waals surface area contributed by atoms with Crippen LogP contribution in [0.4, 0.5) is 4.39 Å². The van der Waals surface area contributed by atoms with Gasteiger partial charge in [0.1, 0.15) is 5.67 Å². The first-order valence-electron chi connectivity index (χ1n) is 4.25. The predicted octanol–water partition coefficient (Wildman–Crippen LogP) is 4.29. The molecule has 1 rings (SSSR count). The lowest BCUT2D eigenvalue weighted by Crippen LogP contribution is -2.07. The Labute approximate surface area is 78.4 Å². The van der Waals surface area contributed by atoms with E-state index in [1.54, 1.807) is 13.8 Å². The van der Waals surface area contributed by atoms with Crippen LogP contribution in [-0.2, 0) is 5.67 Å². The molecule has 1 heterocycles. The Morgan fingerprint density at radius 1 is 1.33 bits per heavy atom. The van der Waals surface area contributed by atoms with E-state index in [0.29, 0.717) is 0 Å². The van der Waals surface area contributed by atoms with Gasteiger partial charge in [0.25, 0.3) is 0 Å². The van der Waals surface area contributed by atoms with Gasteiger partial charge in [-0.3, -0.25) is 0 Å². The highest BCUT2D eigenvalue weighted by Crippen LogP contribution is 2.31. The van der Waals surface area contributed by atoms with Gasteiger partial charge in [0.15, 0.2) is 0 Å². The predicted molar refractivity (Wildman–Crippen MR) is 54.5 cm³/mol. The van der Waals surface area contributed by atoms with Crippen molar-refractivity contribution in [3.05, 3.63) is 21.9 Å². The fourth-order valence-electron chi connectivity index (χ4n) is 0.982. The maximum Gasteiger partial charge on any atom is 0.139 e. The van der Waals surface area contributed by atoms with Crippen molar-refractivity contribution in [1.82, 2.24) is 0 Å². The second-order valence-electron chi connectivity index (χ2n) is 2.91. The number of aryl methyl sites for hydroxylation is 1. The van der Waals surface area contributed by atoms with Crippen LogP contribution in [0.1, 0.15) is 38.1 Å². The van der Waals surface area contributed by atoms with Crippen LogP contribution in [0.25, 0.3) is 0 Å². The first-order valence-corrected chi connectivity index (χ1v) is 5.13. The van der Waals surface area contributed by atoms with Crippen LogP contribution in [0.15, 0.2) is 11.4 Å². The molecule has 1 aromatic heterocycles. The maximum atomic E-state index is 13.2.